The van der Waals surface area contributed by atoms with E-state index >= 15 is 0 Å². The average Bonchev–Trinajstić information content (AvgIpc) is 3.31. The maximum Gasteiger partial charge on any atom is 0.267 e. The van der Waals surface area contributed by atoms with Gasteiger partial charge in [0.2, 0.25) is 0 Å². The number of hydrogen-bond acceptors (Lipinski definition) is 6. The normalized spacial score (nSPS) is 11.7. The van der Waals surface area contributed by atoms with Gasteiger partial charge in [-0.2, -0.15) is 15.1 Å². The van der Waals surface area contributed by atoms with Crippen LogP contribution in [0.5, 0.6) is 0 Å². The van der Waals surface area contributed by atoms with Gasteiger partial charge in [-0.3, -0.25) is 4.79 Å². The standard InChI is InChI=1S/C16H18N6O3.C2H6/c1-3-25-10(2)21-9-12(7-18-21)15-11(8-20-24)6-19-22-13(15)4-5-14(22)16(17)23;1-2/h4-7,9-10H,3,8H2,1-2H3,(H2,17,23);1-2H3. The Bertz CT molecular complexity index is 930. The van der Waals surface area contributed by atoms with Gasteiger partial charge in [0.05, 0.1) is 17.9 Å². The molecule has 0 aliphatic carbocycles. The Kier molecular flexibility index (Phi) is 6.78. The van der Waals surface area contributed by atoms with Gasteiger partial charge in [0.15, 0.2) is 0 Å². The van der Waals surface area contributed by atoms with Gasteiger partial charge in [0.1, 0.15) is 18.5 Å². The van der Waals surface area contributed by atoms with E-state index in [0.29, 0.717) is 17.7 Å². The summed E-state index contributed by atoms with van der Waals surface area (Å²) >= 11 is 0. The highest BCUT2D eigenvalue weighted by Crippen LogP contribution is 2.30. The van der Waals surface area contributed by atoms with Crippen LogP contribution in [0.3, 0.4) is 0 Å². The van der Waals surface area contributed by atoms with Crippen LogP contribution in [0.1, 0.15) is 50.0 Å². The maximum absolute atomic E-state index is 11.6. The van der Waals surface area contributed by atoms with Gasteiger partial charge >= 0.3 is 0 Å². The van der Waals surface area contributed by atoms with Crippen LogP contribution in [0.2, 0.25) is 0 Å². The Morgan fingerprint density at radius 3 is 2.67 bits per heavy atom. The van der Waals surface area contributed by atoms with Crippen LogP contribution >= 0.6 is 0 Å². The molecule has 3 heterocycles. The van der Waals surface area contributed by atoms with Crippen molar-refractivity contribution in [2.75, 3.05) is 6.61 Å². The molecule has 3 aromatic heterocycles. The Labute approximate surface area is 157 Å². The lowest BCUT2D eigenvalue weighted by Gasteiger charge is -2.11. The first-order chi connectivity index (χ1) is 13.1. The number of nitrogens with two attached hydrogens (primary N) is 1. The van der Waals surface area contributed by atoms with E-state index in [-0.39, 0.29) is 18.5 Å². The number of nitrogens with zero attached hydrogens (tertiary/aromatic N) is 5. The summed E-state index contributed by atoms with van der Waals surface area (Å²) in [5.41, 5.74) is 8.44. The number of nitroso groups, excluding NO2 is 1. The van der Waals surface area contributed by atoms with Crippen LogP contribution in [0.25, 0.3) is 16.6 Å². The summed E-state index contributed by atoms with van der Waals surface area (Å²) < 4.78 is 8.67. The highest BCUT2D eigenvalue weighted by Gasteiger charge is 2.18. The number of aromatic nitrogens is 4. The van der Waals surface area contributed by atoms with E-state index < -0.39 is 5.91 Å². The van der Waals surface area contributed by atoms with Crippen molar-refractivity contribution >= 4 is 11.4 Å². The Morgan fingerprint density at radius 2 is 2.04 bits per heavy atom. The van der Waals surface area contributed by atoms with Crippen LogP contribution in [0.15, 0.2) is 35.9 Å². The number of carbonyl (C=O) groups excluding carboxylic acids is 1. The van der Waals surface area contributed by atoms with E-state index in [2.05, 4.69) is 15.4 Å². The second-order valence-electron chi connectivity index (χ2n) is 5.48. The van der Waals surface area contributed by atoms with Crippen LogP contribution in [0, 0.1) is 4.91 Å². The zero-order chi connectivity index (χ0) is 20.0. The topological polar surface area (TPSA) is 117 Å². The lowest BCUT2D eigenvalue weighted by molar-refractivity contribution is 0.0160. The minimum absolute atomic E-state index is 0.0396. The van der Waals surface area contributed by atoms with Crippen molar-refractivity contribution in [2.45, 2.75) is 40.5 Å². The zero-order valence-corrected chi connectivity index (χ0v) is 15.9. The fourth-order valence-electron chi connectivity index (χ4n) is 2.79. The maximum atomic E-state index is 11.6. The highest BCUT2D eigenvalue weighted by atomic mass is 16.5. The predicted molar refractivity (Wildman–Crippen MR) is 102 cm³/mol. The summed E-state index contributed by atoms with van der Waals surface area (Å²) in [6, 6.07) is 3.33. The second kappa shape index (κ2) is 9.04. The summed E-state index contributed by atoms with van der Waals surface area (Å²) in [5, 5.41) is 11.5. The fraction of sp³-hybridized carbons (Fsp3) is 0.389. The minimum atomic E-state index is -0.583. The van der Waals surface area contributed by atoms with Crippen molar-refractivity contribution in [2.24, 2.45) is 10.9 Å². The van der Waals surface area contributed by atoms with E-state index in [1.54, 1.807) is 23.0 Å². The molecular formula is C18H24N6O3. The van der Waals surface area contributed by atoms with E-state index in [1.807, 2.05) is 33.9 Å². The third-order valence-corrected chi connectivity index (χ3v) is 3.92. The number of amides is 1. The highest BCUT2D eigenvalue weighted by molar-refractivity contribution is 5.94. The number of rotatable bonds is 7. The molecule has 9 heteroatoms. The van der Waals surface area contributed by atoms with Gasteiger partial charge in [-0.1, -0.05) is 19.0 Å². The third-order valence-electron chi connectivity index (χ3n) is 3.92. The van der Waals surface area contributed by atoms with Crippen molar-refractivity contribution in [3.8, 4) is 11.1 Å². The molecule has 1 atom stereocenters. The zero-order valence-electron chi connectivity index (χ0n) is 15.9. The SMILES string of the molecule is CC.CCOC(C)n1cc(-c2c(CN=O)cnn3c(C(N)=O)ccc23)cn1. The molecule has 2 N–H and O–H groups in total. The first kappa shape index (κ1) is 20.2. The van der Waals surface area contributed by atoms with Crippen molar-refractivity contribution in [3.05, 3.63) is 46.9 Å². The number of ether oxygens (including phenoxy) is 1. The van der Waals surface area contributed by atoms with Gasteiger partial charge in [0, 0.05) is 29.5 Å². The number of hydrogen-bond donors (Lipinski definition) is 1. The summed E-state index contributed by atoms with van der Waals surface area (Å²) in [7, 11) is 0. The third kappa shape index (κ3) is 4.03. The summed E-state index contributed by atoms with van der Waals surface area (Å²) in [6.45, 7) is 8.32. The molecule has 1 amide bonds. The molecule has 0 saturated carbocycles. The van der Waals surface area contributed by atoms with Crippen molar-refractivity contribution in [1.82, 2.24) is 19.4 Å². The van der Waals surface area contributed by atoms with Gasteiger partial charge < -0.3 is 10.5 Å². The lowest BCUT2D eigenvalue weighted by Crippen LogP contribution is -2.15. The van der Waals surface area contributed by atoms with Crippen molar-refractivity contribution in [1.29, 1.82) is 0 Å². The predicted octanol–water partition coefficient (Wildman–Crippen LogP) is 3.14. The molecular weight excluding hydrogens is 348 g/mol. The largest absolute Gasteiger partial charge is 0.364 e. The van der Waals surface area contributed by atoms with Crippen LogP contribution < -0.4 is 5.73 Å². The first-order valence-electron chi connectivity index (χ1n) is 8.81. The molecule has 3 aromatic rings. The van der Waals surface area contributed by atoms with Crippen LogP contribution in [-0.2, 0) is 11.3 Å². The number of carbonyl (C=O) groups is 1. The summed E-state index contributed by atoms with van der Waals surface area (Å²) in [4.78, 5) is 22.4. The molecule has 1 unspecified atom stereocenters. The van der Waals surface area contributed by atoms with Crippen molar-refractivity contribution < 1.29 is 9.53 Å². The fourth-order valence-corrected chi connectivity index (χ4v) is 2.79. The lowest BCUT2D eigenvalue weighted by atomic mass is 10.0. The molecule has 27 heavy (non-hydrogen) atoms. The monoisotopic (exact) mass is 372 g/mol. The molecule has 3 rings (SSSR count). The smallest absolute Gasteiger partial charge is 0.267 e. The molecule has 0 saturated heterocycles. The molecule has 0 aliphatic rings. The molecule has 0 fully saturated rings. The van der Waals surface area contributed by atoms with Gasteiger partial charge in [-0.15, -0.1) is 0 Å². The van der Waals surface area contributed by atoms with Crippen LogP contribution in [-0.4, -0.2) is 31.9 Å². The van der Waals surface area contributed by atoms with E-state index in [0.717, 1.165) is 11.1 Å². The average molecular weight is 372 g/mol. The Hall–Kier alpha value is -3.07. The Balaban J connectivity index is 0.00000126. The second-order valence-corrected chi connectivity index (χ2v) is 5.48. The molecule has 0 aromatic carbocycles. The van der Waals surface area contributed by atoms with Crippen LogP contribution in [0.4, 0.5) is 0 Å². The Morgan fingerprint density at radius 1 is 1.30 bits per heavy atom. The van der Waals surface area contributed by atoms with Gasteiger partial charge in [-0.05, 0) is 26.0 Å². The first-order valence-corrected chi connectivity index (χ1v) is 8.81. The molecule has 0 radical (unpaired) electrons. The molecule has 0 bridgehead atoms. The number of fused-ring (bicyclic) bond motifs is 1. The molecule has 9 nitrogen and oxygen atoms in total. The van der Waals surface area contributed by atoms with Gasteiger partial charge in [-0.25, -0.2) is 9.20 Å². The van der Waals surface area contributed by atoms with E-state index in [9.17, 15) is 9.70 Å². The van der Waals surface area contributed by atoms with E-state index in [4.69, 9.17) is 10.5 Å². The van der Waals surface area contributed by atoms with Gasteiger partial charge in [0.25, 0.3) is 5.91 Å². The van der Waals surface area contributed by atoms with Crippen molar-refractivity contribution in [3.63, 3.8) is 0 Å². The summed E-state index contributed by atoms with van der Waals surface area (Å²) in [5.74, 6) is -0.583. The quantitative estimate of drug-likeness (QED) is 0.639. The molecule has 144 valence electrons. The molecule has 0 spiro atoms. The molecule has 0 aliphatic heterocycles. The summed E-state index contributed by atoms with van der Waals surface area (Å²) in [6.07, 6.45) is 4.79. The minimum Gasteiger partial charge on any atom is -0.364 e. The number of primary amides is 1. The van der Waals surface area contributed by atoms with E-state index in [1.165, 1.54) is 10.7 Å².